The van der Waals surface area contributed by atoms with E-state index in [-0.39, 0.29) is 0 Å². The second-order valence-electron chi connectivity index (χ2n) is 3.43. The average molecular weight is 190 g/mol. The summed E-state index contributed by atoms with van der Waals surface area (Å²) in [5, 5.41) is 5.86. The molecule has 1 heterocycles. The Bertz CT molecular complexity index is 282. The van der Waals surface area contributed by atoms with Crippen LogP contribution in [0.25, 0.3) is 0 Å². The fraction of sp³-hybridized carbons (Fsp3) is 0.714. The number of hydrogen-bond acceptors (Lipinski definition) is 3. The molecule has 0 aliphatic heterocycles. The van der Waals surface area contributed by atoms with Crippen molar-refractivity contribution < 1.29 is 8.78 Å². The Morgan fingerprint density at radius 3 is 2.54 bits per heavy atom. The van der Waals surface area contributed by atoms with Gasteiger partial charge in [0.05, 0.1) is 0 Å². The zero-order valence-corrected chi connectivity index (χ0v) is 7.51. The van der Waals surface area contributed by atoms with Crippen molar-refractivity contribution in [2.45, 2.75) is 25.7 Å². The van der Waals surface area contributed by atoms with Gasteiger partial charge < -0.3 is 5.73 Å². The lowest BCUT2D eigenvalue weighted by atomic mass is 9.93. The number of halogens is 2. The molecule has 0 unspecified atom stereocenters. The number of nitrogens with one attached hydrogen (secondary N) is 1. The highest BCUT2D eigenvalue weighted by Crippen LogP contribution is 2.20. The van der Waals surface area contributed by atoms with Crippen LogP contribution in [0.4, 0.5) is 8.78 Å². The molecule has 0 bridgehead atoms. The minimum absolute atomic E-state index is 0.313. The molecule has 0 fully saturated rings. The van der Waals surface area contributed by atoms with Crippen molar-refractivity contribution in [1.82, 2.24) is 15.2 Å². The average Bonchev–Trinajstić information content (AvgIpc) is 2.52. The maximum atomic E-state index is 12.1. The van der Waals surface area contributed by atoms with Crippen LogP contribution >= 0.6 is 0 Å². The molecule has 1 rings (SSSR count). The Labute approximate surface area is 74.5 Å². The molecule has 0 atom stereocenters. The third-order valence-electron chi connectivity index (χ3n) is 1.83. The molecular weight excluding hydrogens is 178 g/mol. The lowest BCUT2D eigenvalue weighted by Gasteiger charge is -2.17. The largest absolute Gasteiger partial charge is 0.329 e. The zero-order valence-electron chi connectivity index (χ0n) is 7.51. The Kier molecular flexibility index (Phi) is 2.60. The van der Waals surface area contributed by atoms with Crippen molar-refractivity contribution in [2.75, 3.05) is 6.54 Å². The first kappa shape index (κ1) is 10.0. The number of H-pyrrole nitrogens is 1. The van der Waals surface area contributed by atoms with Gasteiger partial charge in [0.25, 0.3) is 6.43 Å². The van der Waals surface area contributed by atoms with E-state index in [1.54, 1.807) is 13.8 Å². The summed E-state index contributed by atoms with van der Waals surface area (Å²) in [5.41, 5.74) is 4.97. The van der Waals surface area contributed by atoms with Crippen LogP contribution < -0.4 is 5.73 Å². The predicted molar refractivity (Wildman–Crippen MR) is 43.4 cm³/mol. The minimum Gasteiger partial charge on any atom is -0.329 e. The fourth-order valence-corrected chi connectivity index (χ4v) is 0.766. The Morgan fingerprint density at radius 2 is 2.15 bits per heavy atom. The van der Waals surface area contributed by atoms with Gasteiger partial charge >= 0.3 is 0 Å². The maximum Gasteiger partial charge on any atom is 0.296 e. The SMILES string of the molecule is CC(C)(CN)c1n[nH]c(C(F)F)n1. The van der Waals surface area contributed by atoms with Crippen LogP contribution in [0.2, 0.25) is 0 Å². The van der Waals surface area contributed by atoms with Crippen LogP contribution in [0.3, 0.4) is 0 Å². The van der Waals surface area contributed by atoms with Gasteiger partial charge in [-0.25, -0.2) is 13.8 Å². The smallest absolute Gasteiger partial charge is 0.296 e. The first-order valence-corrected chi connectivity index (χ1v) is 3.88. The number of aromatic amines is 1. The van der Waals surface area contributed by atoms with E-state index >= 15 is 0 Å². The minimum atomic E-state index is -2.62. The van der Waals surface area contributed by atoms with Crippen molar-refractivity contribution in [1.29, 1.82) is 0 Å². The van der Waals surface area contributed by atoms with Gasteiger partial charge in [0.2, 0.25) is 0 Å². The van der Waals surface area contributed by atoms with Crippen molar-refractivity contribution in [3.63, 3.8) is 0 Å². The number of nitrogens with zero attached hydrogens (tertiary/aromatic N) is 2. The molecule has 0 saturated carbocycles. The quantitative estimate of drug-likeness (QED) is 0.746. The third-order valence-corrected chi connectivity index (χ3v) is 1.83. The lowest BCUT2D eigenvalue weighted by Crippen LogP contribution is -2.29. The van der Waals surface area contributed by atoms with E-state index in [1.165, 1.54) is 0 Å². The van der Waals surface area contributed by atoms with Gasteiger partial charge in [-0.3, -0.25) is 5.10 Å². The van der Waals surface area contributed by atoms with Crippen molar-refractivity contribution >= 4 is 0 Å². The zero-order chi connectivity index (χ0) is 10.1. The third kappa shape index (κ3) is 2.00. The summed E-state index contributed by atoms with van der Waals surface area (Å²) in [6, 6.07) is 0. The van der Waals surface area contributed by atoms with E-state index in [4.69, 9.17) is 5.73 Å². The maximum absolute atomic E-state index is 12.1. The van der Waals surface area contributed by atoms with Crippen molar-refractivity contribution in [2.24, 2.45) is 5.73 Å². The lowest BCUT2D eigenvalue weighted by molar-refractivity contribution is 0.140. The second-order valence-corrected chi connectivity index (χ2v) is 3.43. The summed E-state index contributed by atoms with van der Waals surface area (Å²) in [6.45, 7) is 3.91. The molecule has 6 heteroatoms. The predicted octanol–water partition coefficient (Wildman–Crippen LogP) is 0.979. The first-order chi connectivity index (χ1) is 5.97. The summed E-state index contributed by atoms with van der Waals surface area (Å²) in [6.07, 6.45) is -2.62. The standard InChI is InChI=1S/C7H12F2N4/c1-7(2,3-10)6-11-5(4(8)9)12-13-6/h4H,3,10H2,1-2H3,(H,11,12,13). The highest BCUT2D eigenvalue weighted by Gasteiger charge is 2.25. The van der Waals surface area contributed by atoms with Gasteiger partial charge in [-0.2, -0.15) is 5.10 Å². The molecule has 0 amide bonds. The highest BCUT2D eigenvalue weighted by molar-refractivity contribution is 5.05. The van der Waals surface area contributed by atoms with Gasteiger partial charge in [0.15, 0.2) is 11.6 Å². The van der Waals surface area contributed by atoms with Crippen LogP contribution in [0.5, 0.6) is 0 Å². The number of nitrogens with two attached hydrogens (primary N) is 1. The summed E-state index contributed by atoms with van der Waals surface area (Å²) < 4.78 is 24.2. The van der Waals surface area contributed by atoms with E-state index in [9.17, 15) is 8.78 Å². The number of alkyl halides is 2. The first-order valence-electron chi connectivity index (χ1n) is 3.88. The normalized spacial score (nSPS) is 12.5. The van der Waals surface area contributed by atoms with Crippen molar-refractivity contribution in [3.8, 4) is 0 Å². The Balaban J connectivity index is 2.91. The van der Waals surface area contributed by atoms with Crippen LogP contribution in [-0.4, -0.2) is 21.7 Å². The van der Waals surface area contributed by atoms with E-state index in [0.29, 0.717) is 12.4 Å². The van der Waals surface area contributed by atoms with E-state index in [2.05, 4.69) is 15.2 Å². The summed E-state index contributed by atoms with van der Waals surface area (Å²) >= 11 is 0. The monoisotopic (exact) mass is 190 g/mol. The Hall–Kier alpha value is -1.04. The molecule has 1 aromatic heterocycles. The number of hydrogen-bond donors (Lipinski definition) is 2. The summed E-state index contributed by atoms with van der Waals surface area (Å²) in [5.74, 6) is -0.0816. The van der Waals surface area contributed by atoms with Crippen molar-refractivity contribution in [3.05, 3.63) is 11.6 Å². The molecule has 4 nitrogen and oxygen atoms in total. The van der Waals surface area contributed by atoms with E-state index in [0.717, 1.165) is 0 Å². The number of aromatic nitrogens is 3. The molecule has 74 valence electrons. The molecule has 3 N–H and O–H groups in total. The van der Waals surface area contributed by atoms with Gasteiger partial charge in [-0.15, -0.1) is 0 Å². The summed E-state index contributed by atoms with van der Waals surface area (Å²) in [4.78, 5) is 3.66. The molecule has 13 heavy (non-hydrogen) atoms. The molecule has 1 aromatic rings. The molecule has 0 saturated heterocycles. The van der Waals surface area contributed by atoms with E-state index < -0.39 is 17.7 Å². The summed E-state index contributed by atoms with van der Waals surface area (Å²) in [7, 11) is 0. The van der Waals surface area contributed by atoms with Gasteiger partial charge in [-0.05, 0) is 0 Å². The van der Waals surface area contributed by atoms with Crippen LogP contribution in [0.15, 0.2) is 0 Å². The molecular formula is C7H12F2N4. The second kappa shape index (κ2) is 3.37. The van der Waals surface area contributed by atoms with Crippen LogP contribution in [0, 0.1) is 0 Å². The Morgan fingerprint density at radius 1 is 1.54 bits per heavy atom. The molecule has 0 radical (unpaired) electrons. The molecule has 0 aliphatic rings. The van der Waals surface area contributed by atoms with Gasteiger partial charge in [0, 0.05) is 12.0 Å². The van der Waals surface area contributed by atoms with Gasteiger partial charge in [0.1, 0.15) is 0 Å². The fourth-order valence-electron chi connectivity index (χ4n) is 0.766. The topological polar surface area (TPSA) is 67.6 Å². The van der Waals surface area contributed by atoms with E-state index in [1.807, 2.05) is 0 Å². The number of rotatable bonds is 3. The molecule has 0 aromatic carbocycles. The van der Waals surface area contributed by atoms with Crippen LogP contribution in [-0.2, 0) is 5.41 Å². The molecule has 0 spiro atoms. The highest BCUT2D eigenvalue weighted by atomic mass is 19.3. The van der Waals surface area contributed by atoms with Crippen LogP contribution in [0.1, 0.15) is 31.9 Å². The van der Waals surface area contributed by atoms with Gasteiger partial charge in [-0.1, -0.05) is 13.8 Å². The molecule has 0 aliphatic carbocycles.